The minimum absolute atomic E-state index is 0.253. The van der Waals surface area contributed by atoms with Gasteiger partial charge in [0.2, 0.25) is 5.82 Å². The summed E-state index contributed by atoms with van der Waals surface area (Å²) in [6.07, 6.45) is 3.56. The number of benzene rings is 1. The highest BCUT2D eigenvalue weighted by Crippen LogP contribution is 2.27. The predicted molar refractivity (Wildman–Crippen MR) is 88.2 cm³/mol. The topological polar surface area (TPSA) is 55.6 Å². The number of hydrogen-bond donors (Lipinski definition) is 0. The van der Waals surface area contributed by atoms with Crippen molar-refractivity contribution in [1.29, 1.82) is 0 Å². The van der Waals surface area contributed by atoms with E-state index in [1.165, 1.54) is 12.1 Å². The van der Waals surface area contributed by atoms with Gasteiger partial charge in [0.1, 0.15) is 0 Å². The van der Waals surface area contributed by atoms with Crippen LogP contribution in [0.25, 0.3) is 0 Å². The molecule has 2 atom stereocenters. The molecule has 1 aromatic carbocycles. The van der Waals surface area contributed by atoms with Crippen LogP contribution >= 0.6 is 11.8 Å². The molecule has 0 spiro atoms. The SMILES string of the molecule is O=[N+]([O-])c1ccc(CN(C[C@@H]2CCCO2)[C@@H]2CCSC2)cc1F. The summed E-state index contributed by atoms with van der Waals surface area (Å²) in [5.41, 5.74) is 0.318. The Balaban J connectivity index is 1.71. The van der Waals surface area contributed by atoms with E-state index < -0.39 is 16.4 Å². The molecule has 2 fully saturated rings. The predicted octanol–water partition coefficient (Wildman–Crippen LogP) is 3.22. The minimum atomic E-state index is -0.759. The zero-order chi connectivity index (χ0) is 16.2. The quantitative estimate of drug-likeness (QED) is 0.588. The van der Waals surface area contributed by atoms with Crippen molar-refractivity contribution in [2.75, 3.05) is 24.7 Å². The maximum atomic E-state index is 13.8. The van der Waals surface area contributed by atoms with Crippen molar-refractivity contribution in [2.45, 2.75) is 38.0 Å². The Labute approximate surface area is 139 Å². The highest BCUT2D eigenvalue weighted by molar-refractivity contribution is 7.99. The fourth-order valence-corrected chi connectivity index (χ4v) is 4.49. The van der Waals surface area contributed by atoms with Crippen molar-refractivity contribution >= 4 is 17.4 Å². The third-order valence-corrected chi connectivity index (χ3v) is 5.62. The van der Waals surface area contributed by atoms with Gasteiger partial charge in [-0.05, 0) is 36.6 Å². The molecule has 2 saturated heterocycles. The maximum Gasteiger partial charge on any atom is 0.304 e. The van der Waals surface area contributed by atoms with Gasteiger partial charge in [0.05, 0.1) is 11.0 Å². The fraction of sp³-hybridized carbons (Fsp3) is 0.625. The van der Waals surface area contributed by atoms with Crippen LogP contribution in [0.3, 0.4) is 0 Å². The molecule has 3 rings (SSSR count). The van der Waals surface area contributed by atoms with Crippen LogP contribution in [0.15, 0.2) is 18.2 Å². The first-order valence-corrected chi connectivity index (χ1v) is 9.15. The monoisotopic (exact) mass is 340 g/mol. The van der Waals surface area contributed by atoms with Crippen molar-refractivity contribution < 1.29 is 14.1 Å². The number of nitro benzene ring substituents is 1. The van der Waals surface area contributed by atoms with Crippen molar-refractivity contribution in [3.8, 4) is 0 Å². The lowest BCUT2D eigenvalue weighted by Crippen LogP contribution is -2.40. The third kappa shape index (κ3) is 4.22. The number of rotatable bonds is 6. The normalized spacial score (nSPS) is 24.4. The minimum Gasteiger partial charge on any atom is -0.377 e. The first kappa shape index (κ1) is 16.7. The van der Waals surface area contributed by atoms with Gasteiger partial charge in [-0.1, -0.05) is 6.07 Å². The molecule has 2 aliphatic heterocycles. The van der Waals surface area contributed by atoms with Crippen LogP contribution in [0.5, 0.6) is 0 Å². The van der Waals surface area contributed by atoms with Gasteiger partial charge in [0.25, 0.3) is 0 Å². The van der Waals surface area contributed by atoms with Crippen LogP contribution in [0.4, 0.5) is 10.1 Å². The lowest BCUT2D eigenvalue weighted by atomic mass is 10.1. The number of halogens is 1. The molecule has 23 heavy (non-hydrogen) atoms. The molecule has 126 valence electrons. The van der Waals surface area contributed by atoms with Gasteiger partial charge < -0.3 is 4.74 Å². The number of thioether (sulfide) groups is 1. The Kier molecular flexibility index (Phi) is 5.50. The number of ether oxygens (including phenoxy) is 1. The first-order valence-electron chi connectivity index (χ1n) is 7.99. The summed E-state index contributed by atoms with van der Waals surface area (Å²) in [6, 6.07) is 4.69. The molecule has 2 aliphatic rings. The standard InChI is InChI=1S/C16H21FN2O3S/c17-15-8-12(3-4-16(15)19(20)21)9-18(13-5-7-23-11-13)10-14-2-1-6-22-14/h3-4,8,13-14H,1-2,5-7,9-11H2/t13-,14+/m1/s1. The average molecular weight is 340 g/mol. The molecule has 0 amide bonds. The van der Waals surface area contributed by atoms with E-state index in [1.54, 1.807) is 6.07 Å². The van der Waals surface area contributed by atoms with Gasteiger partial charge in [-0.3, -0.25) is 15.0 Å². The number of hydrogen-bond acceptors (Lipinski definition) is 5. The molecule has 0 aliphatic carbocycles. The molecule has 0 N–H and O–H groups in total. The highest BCUT2D eigenvalue weighted by Gasteiger charge is 2.27. The molecule has 2 heterocycles. The highest BCUT2D eigenvalue weighted by atomic mass is 32.2. The second-order valence-electron chi connectivity index (χ2n) is 6.12. The van der Waals surface area contributed by atoms with Gasteiger partial charge in [0, 0.05) is 37.6 Å². The van der Waals surface area contributed by atoms with Gasteiger partial charge in [-0.25, -0.2) is 0 Å². The van der Waals surface area contributed by atoms with Crippen molar-refractivity contribution in [2.24, 2.45) is 0 Å². The molecule has 1 aromatic rings. The average Bonchev–Trinajstić information content (AvgIpc) is 3.20. The summed E-state index contributed by atoms with van der Waals surface area (Å²) in [6.45, 7) is 2.29. The van der Waals surface area contributed by atoms with Gasteiger partial charge in [0.15, 0.2) is 0 Å². The van der Waals surface area contributed by atoms with E-state index in [0.717, 1.165) is 49.5 Å². The molecule has 0 radical (unpaired) electrons. The molecule has 0 aromatic heterocycles. The zero-order valence-electron chi connectivity index (χ0n) is 12.9. The molecular formula is C16H21FN2O3S. The van der Waals surface area contributed by atoms with Gasteiger partial charge in [-0.2, -0.15) is 16.2 Å². The van der Waals surface area contributed by atoms with Crippen LogP contribution in [-0.2, 0) is 11.3 Å². The summed E-state index contributed by atoms with van der Waals surface area (Å²) >= 11 is 1.94. The Morgan fingerprint density at radius 3 is 2.91 bits per heavy atom. The number of nitro groups is 1. The molecule has 0 saturated carbocycles. The number of nitrogens with zero attached hydrogens (tertiary/aromatic N) is 2. The Morgan fingerprint density at radius 1 is 1.43 bits per heavy atom. The van der Waals surface area contributed by atoms with Crippen LogP contribution in [0, 0.1) is 15.9 Å². The zero-order valence-corrected chi connectivity index (χ0v) is 13.8. The summed E-state index contributed by atoms with van der Waals surface area (Å²) in [4.78, 5) is 12.4. The Morgan fingerprint density at radius 2 is 2.30 bits per heavy atom. The van der Waals surface area contributed by atoms with E-state index in [1.807, 2.05) is 11.8 Å². The van der Waals surface area contributed by atoms with Gasteiger partial charge >= 0.3 is 5.69 Å². The van der Waals surface area contributed by atoms with E-state index in [2.05, 4.69) is 4.90 Å². The Hall–Kier alpha value is -1.18. The van der Waals surface area contributed by atoms with Gasteiger partial charge in [-0.15, -0.1) is 0 Å². The van der Waals surface area contributed by atoms with Crippen LogP contribution < -0.4 is 0 Å². The lowest BCUT2D eigenvalue weighted by Gasteiger charge is -2.30. The molecule has 0 bridgehead atoms. The summed E-state index contributed by atoms with van der Waals surface area (Å²) in [5, 5.41) is 10.7. The van der Waals surface area contributed by atoms with Crippen LogP contribution in [-0.4, -0.2) is 46.6 Å². The van der Waals surface area contributed by atoms with E-state index >= 15 is 0 Å². The van der Waals surface area contributed by atoms with Crippen molar-refractivity contribution in [1.82, 2.24) is 4.90 Å². The smallest absolute Gasteiger partial charge is 0.304 e. The van der Waals surface area contributed by atoms with Crippen molar-refractivity contribution in [3.63, 3.8) is 0 Å². The summed E-state index contributed by atoms with van der Waals surface area (Å²) in [7, 11) is 0. The Bertz CT molecular complexity index is 560. The van der Waals surface area contributed by atoms with E-state index in [4.69, 9.17) is 4.74 Å². The first-order chi connectivity index (χ1) is 11.1. The van der Waals surface area contributed by atoms with Crippen molar-refractivity contribution in [3.05, 3.63) is 39.7 Å². The lowest BCUT2D eigenvalue weighted by molar-refractivity contribution is -0.387. The molecule has 7 heteroatoms. The second kappa shape index (κ2) is 7.59. The van der Waals surface area contributed by atoms with Crippen LogP contribution in [0.2, 0.25) is 0 Å². The third-order valence-electron chi connectivity index (χ3n) is 4.48. The molecule has 5 nitrogen and oxygen atoms in total. The summed E-state index contributed by atoms with van der Waals surface area (Å²) < 4.78 is 19.6. The molecule has 0 unspecified atom stereocenters. The molecular weight excluding hydrogens is 319 g/mol. The van der Waals surface area contributed by atoms with E-state index in [-0.39, 0.29) is 6.10 Å². The summed E-state index contributed by atoms with van der Waals surface area (Å²) in [5.74, 6) is 1.48. The fourth-order valence-electron chi connectivity index (χ4n) is 3.23. The van der Waals surface area contributed by atoms with E-state index in [0.29, 0.717) is 12.6 Å². The maximum absolute atomic E-state index is 13.8. The second-order valence-corrected chi connectivity index (χ2v) is 7.27. The van der Waals surface area contributed by atoms with Crippen LogP contribution in [0.1, 0.15) is 24.8 Å². The largest absolute Gasteiger partial charge is 0.377 e. The van der Waals surface area contributed by atoms with E-state index in [9.17, 15) is 14.5 Å².